The monoisotopic (exact) mass is 287 g/mol. The molecule has 0 saturated carbocycles. The van der Waals surface area contributed by atoms with Crippen LogP contribution >= 0.6 is 11.8 Å². The lowest BCUT2D eigenvalue weighted by atomic mass is 10.1. The number of aliphatic hydroxyl groups is 1. The summed E-state index contributed by atoms with van der Waals surface area (Å²) in [6, 6.07) is 10.6. The first-order chi connectivity index (χ1) is 9.58. The molecule has 1 atom stereocenters. The zero-order valence-electron chi connectivity index (χ0n) is 12.3. The van der Waals surface area contributed by atoms with Crippen LogP contribution in [0.1, 0.15) is 41.8 Å². The molecule has 2 nitrogen and oxygen atoms in total. The summed E-state index contributed by atoms with van der Waals surface area (Å²) in [5, 5.41) is 9.72. The van der Waals surface area contributed by atoms with Crippen molar-refractivity contribution < 1.29 is 5.11 Å². The molecular weight excluding hydrogens is 266 g/mol. The third kappa shape index (κ3) is 4.09. The predicted molar refractivity (Wildman–Crippen MR) is 85.0 cm³/mol. The van der Waals surface area contributed by atoms with Crippen LogP contribution in [0.2, 0.25) is 0 Å². The molecule has 0 amide bonds. The van der Waals surface area contributed by atoms with Crippen molar-refractivity contribution in [2.75, 3.05) is 0 Å². The van der Waals surface area contributed by atoms with Crippen LogP contribution in [0.5, 0.6) is 0 Å². The average molecular weight is 287 g/mol. The summed E-state index contributed by atoms with van der Waals surface area (Å²) in [5.41, 5.74) is 4.70. The van der Waals surface area contributed by atoms with Gasteiger partial charge in [-0.05, 0) is 38.0 Å². The first kappa shape index (κ1) is 15.1. The molecule has 1 aromatic carbocycles. The molecule has 0 unspecified atom stereocenters. The molecule has 0 aliphatic rings. The first-order valence-corrected chi connectivity index (χ1v) is 7.91. The number of benzene rings is 1. The predicted octanol–water partition coefficient (Wildman–Crippen LogP) is 4.43. The quantitative estimate of drug-likeness (QED) is 0.826. The smallest absolute Gasteiger partial charge is 0.0957 e. The fourth-order valence-corrected chi connectivity index (χ4v) is 2.99. The third-order valence-electron chi connectivity index (χ3n) is 3.17. The maximum absolute atomic E-state index is 9.72. The molecule has 0 aliphatic heterocycles. The lowest BCUT2D eigenvalue weighted by Gasteiger charge is -2.08. The Morgan fingerprint density at radius 1 is 1.15 bits per heavy atom. The van der Waals surface area contributed by atoms with E-state index >= 15 is 0 Å². The summed E-state index contributed by atoms with van der Waals surface area (Å²) in [4.78, 5) is 5.46. The van der Waals surface area contributed by atoms with Gasteiger partial charge in [0.15, 0.2) is 0 Å². The van der Waals surface area contributed by atoms with Crippen molar-refractivity contribution in [2.24, 2.45) is 0 Å². The first-order valence-electron chi connectivity index (χ1n) is 6.92. The third-order valence-corrected chi connectivity index (χ3v) is 4.23. The Hall–Kier alpha value is -1.32. The van der Waals surface area contributed by atoms with Crippen LogP contribution in [0.25, 0.3) is 0 Å². The van der Waals surface area contributed by atoms with Crippen LogP contribution < -0.4 is 0 Å². The van der Waals surface area contributed by atoms with Gasteiger partial charge in [-0.2, -0.15) is 0 Å². The minimum atomic E-state index is -0.450. The molecule has 0 spiro atoms. The van der Waals surface area contributed by atoms with Crippen molar-refractivity contribution in [2.45, 2.75) is 43.9 Å². The van der Waals surface area contributed by atoms with Gasteiger partial charge in [0.05, 0.1) is 11.8 Å². The van der Waals surface area contributed by atoms with Gasteiger partial charge < -0.3 is 5.11 Å². The molecule has 0 aliphatic carbocycles. The molecule has 0 fully saturated rings. The van der Waals surface area contributed by atoms with E-state index in [1.165, 1.54) is 16.7 Å². The van der Waals surface area contributed by atoms with E-state index in [0.717, 1.165) is 16.3 Å². The topological polar surface area (TPSA) is 33.1 Å². The Balaban J connectivity index is 2.00. The van der Waals surface area contributed by atoms with E-state index in [0.29, 0.717) is 6.42 Å². The maximum Gasteiger partial charge on any atom is 0.0957 e. The van der Waals surface area contributed by atoms with E-state index in [1.54, 1.807) is 11.8 Å². The number of hydrogen-bond donors (Lipinski definition) is 1. The standard InChI is InChI=1S/C17H21NOS/c1-4-17(19)16-6-5-15(10-18-16)20-11-14-8-12(2)7-13(3)9-14/h5-10,17,19H,4,11H2,1-3H3/t17-/m1/s1. The molecule has 0 radical (unpaired) electrons. The zero-order chi connectivity index (χ0) is 14.5. The molecule has 1 aromatic heterocycles. The van der Waals surface area contributed by atoms with E-state index in [2.05, 4.69) is 37.0 Å². The van der Waals surface area contributed by atoms with Crippen LogP contribution in [-0.2, 0) is 5.75 Å². The fraction of sp³-hybridized carbons (Fsp3) is 0.353. The molecule has 106 valence electrons. The lowest BCUT2D eigenvalue weighted by Crippen LogP contribution is -1.97. The number of thioether (sulfide) groups is 1. The Labute approximate surface area is 125 Å². The zero-order valence-corrected chi connectivity index (χ0v) is 13.1. The van der Waals surface area contributed by atoms with Gasteiger partial charge in [0.25, 0.3) is 0 Å². The summed E-state index contributed by atoms with van der Waals surface area (Å²) in [5.74, 6) is 0.944. The van der Waals surface area contributed by atoms with Crippen molar-refractivity contribution in [3.63, 3.8) is 0 Å². The second kappa shape index (κ2) is 6.91. The van der Waals surface area contributed by atoms with Crippen LogP contribution in [0.4, 0.5) is 0 Å². The highest BCUT2D eigenvalue weighted by atomic mass is 32.2. The Morgan fingerprint density at radius 3 is 2.40 bits per heavy atom. The molecule has 20 heavy (non-hydrogen) atoms. The summed E-state index contributed by atoms with van der Waals surface area (Å²) in [6.45, 7) is 6.21. The van der Waals surface area contributed by atoms with Crippen LogP contribution in [0.3, 0.4) is 0 Å². The number of rotatable bonds is 5. The highest BCUT2D eigenvalue weighted by Crippen LogP contribution is 2.24. The SMILES string of the molecule is CC[C@@H](O)c1ccc(SCc2cc(C)cc(C)c2)cn1. The molecule has 3 heteroatoms. The molecule has 0 saturated heterocycles. The number of nitrogens with zero attached hydrogens (tertiary/aromatic N) is 1. The van der Waals surface area contributed by atoms with Gasteiger partial charge >= 0.3 is 0 Å². The van der Waals surface area contributed by atoms with E-state index in [4.69, 9.17) is 0 Å². The van der Waals surface area contributed by atoms with Gasteiger partial charge in [-0.15, -0.1) is 11.8 Å². The highest BCUT2D eigenvalue weighted by Gasteiger charge is 2.06. The van der Waals surface area contributed by atoms with Crippen molar-refractivity contribution in [1.29, 1.82) is 0 Å². The average Bonchev–Trinajstić information content (AvgIpc) is 2.44. The number of aliphatic hydroxyl groups excluding tert-OH is 1. The van der Waals surface area contributed by atoms with E-state index in [-0.39, 0.29) is 0 Å². The Bertz CT molecular complexity index is 545. The van der Waals surface area contributed by atoms with Gasteiger partial charge in [0.1, 0.15) is 0 Å². The van der Waals surface area contributed by atoms with Crippen molar-refractivity contribution in [1.82, 2.24) is 4.98 Å². The second-order valence-corrected chi connectivity index (χ2v) is 6.18. The van der Waals surface area contributed by atoms with Crippen molar-refractivity contribution >= 4 is 11.8 Å². The lowest BCUT2D eigenvalue weighted by molar-refractivity contribution is 0.169. The molecule has 0 bridgehead atoms. The van der Waals surface area contributed by atoms with Crippen LogP contribution in [0, 0.1) is 13.8 Å². The van der Waals surface area contributed by atoms with E-state index < -0.39 is 6.10 Å². The highest BCUT2D eigenvalue weighted by molar-refractivity contribution is 7.98. The maximum atomic E-state index is 9.72. The van der Waals surface area contributed by atoms with E-state index in [1.807, 2.05) is 25.3 Å². The number of pyridine rings is 1. The van der Waals surface area contributed by atoms with Gasteiger partial charge in [0.2, 0.25) is 0 Å². The van der Waals surface area contributed by atoms with Gasteiger partial charge in [-0.25, -0.2) is 0 Å². The Kier molecular flexibility index (Phi) is 5.21. The molecule has 1 N–H and O–H groups in total. The molecule has 2 rings (SSSR count). The van der Waals surface area contributed by atoms with Crippen LogP contribution in [-0.4, -0.2) is 10.1 Å². The van der Waals surface area contributed by atoms with Crippen LogP contribution in [0.15, 0.2) is 41.4 Å². The minimum Gasteiger partial charge on any atom is -0.387 e. The summed E-state index contributed by atoms with van der Waals surface area (Å²) >= 11 is 1.77. The fourth-order valence-electron chi connectivity index (χ4n) is 2.20. The van der Waals surface area contributed by atoms with Gasteiger partial charge in [-0.3, -0.25) is 4.98 Å². The minimum absolute atomic E-state index is 0.450. The molecule has 1 heterocycles. The summed E-state index contributed by atoms with van der Waals surface area (Å²) in [6.07, 6.45) is 2.09. The van der Waals surface area contributed by atoms with E-state index in [9.17, 15) is 5.11 Å². The number of hydrogen-bond acceptors (Lipinski definition) is 3. The molecule has 2 aromatic rings. The second-order valence-electron chi connectivity index (χ2n) is 5.13. The van der Waals surface area contributed by atoms with Crippen molar-refractivity contribution in [3.8, 4) is 0 Å². The summed E-state index contributed by atoms with van der Waals surface area (Å²) in [7, 11) is 0. The summed E-state index contributed by atoms with van der Waals surface area (Å²) < 4.78 is 0. The van der Waals surface area contributed by atoms with Crippen molar-refractivity contribution in [3.05, 3.63) is 58.9 Å². The normalized spacial score (nSPS) is 12.4. The van der Waals surface area contributed by atoms with Gasteiger partial charge in [-0.1, -0.05) is 36.2 Å². The largest absolute Gasteiger partial charge is 0.387 e. The number of aromatic nitrogens is 1. The Morgan fingerprint density at radius 2 is 1.85 bits per heavy atom. The number of aryl methyl sites for hydroxylation is 2. The molecular formula is C17H21NOS. The van der Waals surface area contributed by atoms with Gasteiger partial charge in [0, 0.05) is 16.8 Å².